The van der Waals surface area contributed by atoms with Crippen LogP contribution in [0.3, 0.4) is 0 Å². The maximum atomic E-state index is 12.5. The van der Waals surface area contributed by atoms with Gasteiger partial charge in [0.25, 0.3) is 5.56 Å². The van der Waals surface area contributed by atoms with Gasteiger partial charge in [0, 0.05) is 17.1 Å². The molecule has 1 aromatic carbocycles. The molecule has 2 aromatic heterocycles. The molecule has 1 aliphatic carbocycles. The van der Waals surface area contributed by atoms with Gasteiger partial charge in [0.2, 0.25) is 5.91 Å². The van der Waals surface area contributed by atoms with Gasteiger partial charge in [0.05, 0.1) is 17.4 Å². The van der Waals surface area contributed by atoms with Gasteiger partial charge in [-0.3, -0.25) is 14.7 Å². The SMILES string of the molecule is CC(C(=O)Nc1ccc2cn[nH]c2c1)n1nc2c(cc1=O)CCC2. The summed E-state index contributed by atoms with van der Waals surface area (Å²) in [5, 5.41) is 15.0. The van der Waals surface area contributed by atoms with E-state index in [1.54, 1.807) is 25.3 Å². The fraction of sp³-hybridized carbons (Fsp3) is 0.294. The second kappa shape index (κ2) is 5.59. The molecule has 1 amide bonds. The van der Waals surface area contributed by atoms with Crippen LogP contribution in [0.5, 0.6) is 0 Å². The maximum Gasteiger partial charge on any atom is 0.267 e. The van der Waals surface area contributed by atoms with Crippen LogP contribution in [0.1, 0.15) is 30.6 Å². The molecular formula is C17H17N5O2. The summed E-state index contributed by atoms with van der Waals surface area (Å²) in [7, 11) is 0. The first kappa shape index (κ1) is 14.6. The topological polar surface area (TPSA) is 92.7 Å². The number of carbonyl (C=O) groups excluding carboxylic acids is 1. The molecule has 24 heavy (non-hydrogen) atoms. The highest BCUT2D eigenvalue weighted by atomic mass is 16.2. The number of H-pyrrole nitrogens is 1. The van der Waals surface area contributed by atoms with Crippen molar-refractivity contribution in [2.45, 2.75) is 32.2 Å². The molecule has 0 aliphatic heterocycles. The Balaban J connectivity index is 1.58. The molecule has 1 unspecified atom stereocenters. The third-order valence-corrected chi connectivity index (χ3v) is 4.44. The highest BCUT2D eigenvalue weighted by molar-refractivity contribution is 5.95. The number of hydrogen-bond donors (Lipinski definition) is 2. The van der Waals surface area contributed by atoms with Crippen molar-refractivity contribution >= 4 is 22.5 Å². The number of amides is 1. The number of nitrogens with zero attached hydrogens (tertiary/aromatic N) is 3. The summed E-state index contributed by atoms with van der Waals surface area (Å²) >= 11 is 0. The number of benzene rings is 1. The summed E-state index contributed by atoms with van der Waals surface area (Å²) in [5.41, 5.74) is 3.19. The number of fused-ring (bicyclic) bond motifs is 2. The first-order valence-electron chi connectivity index (χ1n) is 7.97. The minimum atomic E-state index is -0.680. The molecular weight excluding hydrogens is 306 g/mol. The predicted molar refractivity (Wildman–Crippen MR) is 90.0 cm³/mol. The van der Waals surface area contributed by atoms with Crippen LogP contribution >= 0.6 is 0 Å². The molecule has 0 bridgehead atoms. The Morgan fingerprint density at radius 2 is 2.21 bits per heavy atom. The van der Waals surface area contributed by atoms with Crippen molar-refractivity contribution in [1.29, 1.82) is 0 Å². The van der Waals surface area contributed by atoms with E-state index in [2.05, 4.69) is 20.6 Å². The number of carbonyl (C=O) groups is 1. The van der Waals surface area contributed by atoms with Gasteiger partial charge in [-0.1, -0.05) is 0 Å². The molecule has 122 valence electrons. The molecule has 7 heteroatoms. The number of rotatable bonds is 3. The maximum absolute atomic E-state index is 12.5. The number of aromatic nitrogens is 4. The van der Waals surface area contributed by atoms with Crippen LogP contribution < -0.4 is 10.9 Å². The lowest BCUT2D eigenvalue weighted by Crippen LogP contribution is -2.33. The zero-order valence-corrected chi connectivity index (χ0v) is 13.2. The lowest BCUT2D eigenvalue weighted by molar-refractivity contribution is -0.119. The summed E-state index contributed by atoms with van der Waals surface area (Å²) in [6.45, 7) is 1.68. The van der Waals surface area contributed by atoms with Crippen LogP contribution in [0, 0.1) is 0 Å². The Kier molecular flexibility index (Phi) is 3.41. The Labute approximate surface area is 137 Å². The van der Waals surface area contributed by atoms with Crippen LogP contribution in [0.15, 0.2) is 35.3 Å². The van der Waals surface area contributed by atoms with Crippen molar-refractivity contribution < 1.29 is 4.79 Å². The number of anilines is 1. The van der Waals surface area contributed by atoms with E-state index >= 15 is 0 Å². The smallest absolute Gasteiger partial charge is 0.267 e. The number of aryl methyl sites for hydroxylation is 2. The summed E-state index contributed by atoms with van der Waals surface area (Å²) < 4.78 is 1.27. The van der Waals surface area contributed by atoms with Gasteiger partial charge in [0.15, 0.2) is 0 Å². The first-order chi connectivity index (χ1) is 11.6. The van der Waals surface area contributed by atoms with Crippen molar-refractivity contribution in [3.05, 3.63) is 52.1 Å². The summed E-state index contributed by atoms with van der Waals surface area (Å²) in [4.78, 5) is 24.7. The van der Waals surface area contributed by atoms with E-state index in [9.17, 15) is 9.59 Å². The minimum absolute atomic E-state index is 0.234. The van der Waals surface area contributed by atoms with Gasteiger partial charge in [-0.15, -0.1) is 0 Å². The molecule has 2 N–H and O–H groups in total. The second-order valence-corrected chi connectivity index (χ2v) is 6.09. The Morgan fingerprint density at radius 3 is 3.08 bits per heavy atom. The molecule has 0 saturated heterocycles. The molecule has 7 nitrogen and oxygen atoms in total. The standard InChI is InChI=1S/C17H17N5O2/c1-10(22-16(23)7-11-3-2-4-14(11)21-22)17(24)19-13-6-5-12-9-18-20-15(12)8-13/h5-10H,2-4H2,1H3,(H,18,20)(H,19,24). The molecule has 2 heterocycles. The normalized spacial score (nSPS) is 14.5. The van der Waals surface area contributed by atoms with Crippen molar-refractivity contribution in [3.8, 4) is 0 Å². The van der Waals surface area contributed by atoms with E-state index in [0.717, 1.165) is 41.4 Å². The van der Waals surface area contributed by atoms with Crippen LogP contribution in [0.25, 0.3) is 10.9 Å². The third kappa shape index (κ3) is 2.47. The van der Waals surface area contributed by atoms with Crippen molar-refractivity contribution in [1.82, 2.24) is 20.0 Å². The molecule has 3 aromatic rings. The highest BCUT2D eigenvalue weighted by Crippen LogP contribution is 2.20. The average molecular weight is 323 g/mol. The Bertz CT molecular complexity index is 988. The lowest BCUT2D eigenvalue weighted by Gasteiger charge is -2.15. The molecule has 4 rings (SSSR count). The van der Waals surface area contributed by atoms with Crippen molar-refractivity contribution in [2.24, 2.45) is 0 Å². The van der Waals surface area contributed by atoms with Gasteiger partial charge in [0.1, 0.15) is 6.04 Å². The summed E-state index contributed by atoms with van der Waals surface area (Å²) in [6.07, 6.45) is 4.48. The lowest BCUT2D eigenvalue weighted by atomic mass is 10.2. The molecule has 0 radical (unpaired) electrons. The fourth-order valence-corrected chi connectivity index (χ4v) is 3.07. The first-order valence-corrected chi connectivity index (χ1v) is 7.97. The van der Waals surface area contributed by atoms with Gasteiger partial charge >= 0.3 is 0 Å². The van der Waals surface area contributed by atoms with E-state index < -0.39 is 6.04 Å². The zero-order valence-electron chi connectivity index (χ0n) is 13.2. The molecule has 1 aliphatic rings. The average Bonchev–Trinajstić information content (AvgIpc) is 3.21. The van der Waals surface area contributed by atoms with Gasteiger partial charge in [-0.05, 0) is 49.9 Å². The van der Waals surface area contributed by atoms with E-state index in [1.807, 2.05) is 12.1 Å². The number of hydrogen-bond acceptors (Lipinski definition) is 4. The largest absolute Gasteiger partial charge is 0.324 e. The monoisotopic (exact) mass is 323 g/mol. The van der Waals surface area contributed by atoms with E-state index in [-0.39, 0.29) is 11.5 Å². The third-order valence-electron chi connectivity index (χ3n) is 4.44. The van der Waals surface area contributed by atoms with Crippen LogP contribution in [0.2, 0.25) is 0 Å². The Hall–Kier alpha value is -2.96. The van der Waals surface area contributed by atoms with Gasteiger partial charge in [-0.25, -0.2) is 4.68 Å². The van der Waals surface area contributed by atoms with E-state index in [4.69, 9.17) is 0 Å². The minimum Gasteiger partial charge on any atom is -0.324 e. The second-order valence-electron chi connectivity index (χ2n) is 6.09. The summed E-state index contributed by atoms with van der Waals surface area (Å²) in [6, 6.07) is 6.42. The molecule has 0 saturated carbocycles. The molecule has 1 atom stereocenters. The fourth-order valence-electron chi connectivity index (χ4n) is 3.07. The van der Waals surface area contributed by atoms with Crippen LogP contribution in [0.4, 0.5) is 5.69 Å². The highest BCUT2D eigenvalue weighted by Gasteiger charge is 2.21. The number of aromatic amines is 1. The van der Waals surface area contributed by atoms with Crippen molar-refractivity contribution in [3.63, 3.8) is 0 Å². The van der Waals surface area contributed by atoms with Gasteiger partial charge < -0.3 is 5.32 Å². The Morgan fingerprint density at radius 1 is 1.33 bits per heavy atom. The van der Waals surface area contributed by atoms with E-state index in [0.29, 0.717) is 5.69 Å². The van der Waals surface area contributed by atoms with Crippen molar-refractivity contribution in [2.75, 3.05) is 5.32 Å². The van der Waals surface area contributed by atoms with Gasteiger partial charge in [-0.2, -0.15) is 10.2 Å². The number of nitrogens with one attached hydrogen (secondary N) is 2. The predicted octanol–water partition coefficient (Wildman–Crippen LogP) is 1.81. The van der Waals surface area contributed by atoms with Crippen LogP contribution in [-0.2, 0) is 17.6 Å². The quantitative estimate of drug-likeness (QED) is 0.769. The van der Waals surface area contributed by atoms with Crippen LogP contribution in [-0.4, -0.2) is 25.9 Å². The molecule has 0 spiro atoms. The van der Waals surface area contributed by atoms with E-state index in [1.165, 1.54) is 4.68 Å². The zero-order chi connectivity index (χ0) is 16.7. The summed E-state index contributed by atoms with van der Waals surface area (Å²) in [5.74, 6) is -0.276. The molecule has 0 fully saturated rings.